The summed E-state index contributed by atoms with van der Waals surface area (Å²) in [5.74, 6) is -1.23. The van der Waals surface area contributed by atoms with Gasteiger partial charge in [-0.05, 0) is 23.1 Å². The summed E-state index contributed by atoms with van der Waals surface area (Å²) in [6.45, 7) is 0. The second kappa shape index (κ2) is 4.34. The summed E-state index contributed by atoms with van der Waals surface area (Å²) in [7, 11) is 1.82. The van der Waals surface area contributed by atoms with Crippen LogP contribution in [0.15, 0.2) is 41.5 Å². The van der Waals surface area contributed by atoms with E-state index in [1.165, 1.54) is 6.07 Å². The van der Waals surface area contributed by atoms with Crippen LogP contribution in [0.3, 0.4) is 0 Å². The molecule has 0 spiro atoms. The van der Waals surface area contributed by atoms with Gasteiger partial charge in [-0.1, -0.05) is 12.1 Å². The lowest BCUT2D eigenvalue weighted by Gasteiger charge is -2.03. The molecular weight excluding hydrogens is 258 g/mol. The number of carboxylic acid groups (broad SMARTS) is 1. The van der Waals surface area contributed by atoms with Crippen LogP contribution in [0.25, 0.3) is 22.0 Å². The van der Waals surface area contributed by atoms with E-state index in [1.54, 1.807) is 23.0 Å². The first-order chi connectivity index (χ1) is 9.54. The average Bonchev–Trinajstić information content (AvgIpc) is 2.83. The number of fused-ring (bicyclic) bond motifs is 1. The first kappa shape index (κ1) is 12.2. The van der Waals surface area contributed by atoms with E-state index in [2.05, 4.69) is 10.1 Å². The van der Waals surface area contributed by atoms with E-state index in [9.17, 15) is 9.59 Å². The van der Waals surface area contributed by atoms with Gasteiger partial charge >= 0.3 is 5.97 Å². The largest absolute Gasteiger partial charge is 0.477 e. The van der Waals surface area contributed by atoms with Crippen LogP contribution >= 0.6 is 0 Å². The molecule has 20 heavy (non-hydrogen) atoms. The topological polar surface area (TPSA) is 88.0 Å². The second-order valence-electron chi connectivity index (χ2n) is 4.52. The van der Waals surface area contributed by atoms with Crippen LogP contribution in [0.1, 0.15) is 10.4 Å². The number of nitrogens with one attached hydrogen (secondary N) is 1. The van der Waals surface area contributed by atoms with Crippen LogP contribution in [0.4, 0.5) is 0 Å². The van der Waals surface area contributed by atoms with E-state index in [0.29, 0.717) is 10.9 Å². The summed E-state index contributed by atoms with van der Waals surface area (Å²) in [4.78, 5) is 25.2. The predicted octanol–water partition coefficient (Wildman–Crippen LogP) is 1.63. The Morgan fingerprint density at radius 3 is 2.75 bits per heavy atom. The van der Waals surface area contributed by atoms with Crippen LogP contribution in [0.5, 0.6) is 0 Å². The number of benzene rings is 1. The predicted molar refractivity (Wildman–Crippen MR) is 73.7 cm³/mol. The second-order valence-corrected chi connectivity index (χ2v) is 4.52. The lowest BCUT2D eigenvalue weighted by molar-refractivity contribution is 0.0695. The normalized spacial score (nSPS) is 10.8. The Morgan fingerprint density at radius 1 is 1.30 bits per heavy atom. The Bertz CT molecular complexity index is 877. The molecule has 0 aliphatic heterocycles. The van der Waals surface area contributed by atoms with Crippen molar-refractivity contribution in [3.63, 3.8) is 0 Å². The number of H-pyrrole nitrogens is 1. The molecule has 0 aliphatic rings. The molecule has 6 heteroatoms. The Hall–Kier alpha value is -2.89. The van der Waals surface area contributed by atoms with Crippen LogP contribution in [-0.2, 0) is 7.05 Å². The molecule has 3 aromatic rings. The minimum Gasteiger partial charge on any atom is -0.477 e. The zero-order valence-corrected chi connectivity index (χ0v) is 10.6. The number of carbonyl (C=O) groups is 1. The molecule has 2 aromatic heterocycles. The summed E-state index contributed by atoms with van der Waals surface area (Å²) in [6.07, 6.45) is 3.59. The molecule has 3 rings (SSSR count). The van der Waals surface area contributed by atoms with Gasteiger partial charge in [0.05, 0.1) is 6.20 Å². The quantitative estimate of drug-likeness (QED) is 0.740. The Kier molecular flexibility index (Phi) is 2.64. The van der Waals surface area contributed by atoms with Gasteiger partial charge in [-0.3, -0.25) is 9.48 Å². The van der Waals surface area contributed by atoms with Crippen molar-refractivity contribution in [3.05, 3.63) is 52.6 Å². The fourth-order valence-electron chi connectivity index (χ4n) is 2.11. The van der Waals surface area contributed by atoms with Crippen molar-refractivity contribution in [2.75, 3.05) is 0 Å². The van der Waals surface area contributed by atoms with E-state index in [-0.39, 0.29) is 5.56 Å². The molecule has 6 nitrogen and oxygen atoms in total. The lowest BCUT2D eigenvalue weighted by Crippen LogP contribution is -2.16. The van der Waals surface area contributed by atoms with Crippen molar-refractivity contribution in [2.24, 2.45) is 7.05 Å². The maximum atomic E-state index is 11.7. The lowest BCUT2D eigenvalue weighted by atomic mass is 10.1. The van der Waals surface area contributed by atoms with Crippen molar-refractivity contribution >= 4 is 16.9 Å². The summed E-state index contributed by atoms with van der Waals surface area (Å²) < 4.78 is 1.69. The summed E-state index contributed by atoms with van der Waals surface area (Å²) in [5.41, 5.74) is 1.57. The molecule has 0 bridgehead atoms. The number of nitrogens with zero attached hydrogens (tertiary/aromatic N) is 2. The van der Waals surface area contributed by atoms with Gasteiger partial charge in [0.25, 0.3) is 5.56 Å². The number of aromatic nitrogens is 3. The van der Waals surface area contributed by atoms with Crippen molar-refractivity contribution in [1.82, 2.24) is 14.8 Å². The van der Waals surface area contributed by atoms with Crippen molar-refractivity contribution in [2.45, 2.75) is 0 Å². The molecule has 0 saturated heterocycles. The molecule has 2 N–H and O–H groups in total. The van der Waals surface area contributed by atoms with Gasteiger partial charge in [-0.15, -0.1) is 0 Å². The highest BCUT2D eigenvalue weighted by Crippen LogP contribution is 2.22. The number of aryl methyl sites for hydroxylation is 1. The van der Waals surface area contributed by atoms with E-state index < -0.39 is 11.5 Å². The third-order valence-corrected chi connectivity index (χ3v) is 3.11. The van der Waals surface area contributed by atoms with Gasteiger partial charge in [0.2, 0.25) is 0 Å². The number of aromatic carboxylic acids is 1. The zero-order chi connectivity index (χ0) is 14.3. The Labute approximate surface area is 113 Å². The molecule has 0 amide bonds. The van der Waals surface area contributed by atoms with Crippen LogP contribution in [-0.4, -0.2) is 25.8 Å². The number of hydrogen-bond donors (Lipinski definition) is 2. The minimum absolute atomic E-state index is 0.258. The molecule has 0 radical (unpaired) electrons. The van der Waals surface area contributed by atoms with Crippen molar-refractivity contribution in [3.8, 4) is 11.1 Å². The summed E-state index contributed by atoms with van der Waals surface area (Å²) in [6, 6.07) is 6.83. The number of aromatic amines is 1. The maximum Gasteiger partial charge on any atom is 0.341 e. The van der Waals surface area contributed by atoms with Crippen molar-refractivity contribution < 1.29 is 9.90 Å². The smallest absolute Gasteiger partial charge is 0.341 e. The Balaban J connectivity index is 2.19. The number of pyridine rings is 1. The fraction of sp³-hybridized carbons (Fsp3) is 0.0714. The number of carboxylic acids is 1. The van der Waals surface area contributed by atoms with Gasteiger partial charge in [0, 0.05) is 24.3 Å². The first-order valence-electron chi connectivity index (χ1n) is 5.94. The molecule has 0 fully saturated rings. The highest BCUT2D eigenvalue weighted by Gasteiger charge is 2.10. The molecule has 0 unspecified atom stereocenters. The fourth-order valence-corrected chi connectivity index (χ4v) is 2.11. The van der Waals surface area contributed by atoms with Gasteiger partial charge in [-0.25, -0.2) is 4.79 Å². The van der Waals surface area contributed by atoms with Gasteiger partial charge in [0.1, 0.15) is 5.56 Å². The zero-order valence-electron chi connectivity index (χ0n) is 10.6. The monoisotopic (exact) mass is 269 g/mol. The van der Waals surface area contributed by atoms with Crippen LogP contribution in [0, 0.1) is 0 Å². The van der Waals surface area contributed by atoms with Crippen LogP contribution in [0.2, 0.25) is 0 Å². The third-order valence-electron chi connectivity index (χ3n) is 3.11. The Morgan fingerprint density at radius 2 is 2.10 bits per heavy atom. The molecule has 100 valence electrons. The third kappa shape index (κ3) is 1.97. The molecular formula is C14H11N3O3. The highest BCUT2D eigenvalue weighted by atomic mass is 16.4. The minimum atomic E-state index is -1.23. The standard InChI is InChI=1S/C14H11N3O3/c1-17-7-10(6-15-17)8-2-3-9-4-11(14(19)20)13(18)16-12(9)5-8/h2-7H,1H3,(H,16,18)(H,19,20). The van der Waals surface area contributed by atoms with E-state index in [1.807, 2.05) is 19.3 Å². The number of hydrogen-bond acceptors (Lipinski definition) is 3. The average molecular weight is 269 g/mol. The maximum absolute atomic E-state index is 11.7. The van der Waals surface area contributed by atoms with Gasteiger partial charge < -0.3 is 10.1 Å². The number of rotatable bonds is 2. The van der Waals surface area contributed by atoms with Crippen molar-refractivity contribution in [1.29, 1.82) is 0 Å². The first-order valence-corrected chi connectivity index (χ1v) is 5.94. The van der Waals surface area contributed by atoms with Crippen LogP contribution < -0.4 is 5.56 Å². The summed E-state index contributed by atoms with van der Waals surface area (Å²) in [5, 5.41) is 13.7. The molecule has 0 saturated carbocycles. The highest BCUT2D eigenvalue weighted by molar-refractivity contribution is 5.93. The molecule has 0 atom stereocenters. The van der Waals surface area contributed by atoms with E-state index >= 15 is 0 Å². The molecule has 0 aliphatic carbocycles. The van der Waals surface area contributed by atoms with Gasteiger partial charge in [0.15, 0.2) is 0 Å². The summed E-state index contributed by atoms with van der Waals surface area (Å²) >= 11 is 0. The van der Waals surface area contributed by atoms with E-state index in [4.69, 9.17) is 5.11 Å². The van der Waals surface area contributed by atoms with E-state index in [0.717, 1.165) is 11.1 Å². The SMILES string of the molecule is Cn1cc(-c2ccc3cc(C(=O)O)c(=O)[nH]c3c2)cn1. The molecule has 1 aromatic carbocycles. The molecule has 2 heterocycles. The van der Waals surface area contributed by atoms with Gasteiger partial charge in [-0.2, -0.15) is 5.10 Å².